The minimum absolute atomic E-state index is 0.128. The second-order valence-corrected chi connectivity index (χ2v) is 11.2. The van der Waals surface area contributed by atoms with Gasteiger partial charge in [-0.05, 0) is 65.0 Å². The highest BCUT2D eigenvalue weighted by atomic mass is 16.2. The van der Waals surface area contributed by atoms with Gasteiger partial charge in [0.15, 0.2) is 0 Å². The Hall–Kier alpha value is -4.27. The number of amides is 3. The quantitative estimate of drug-likeness (QED) is 0.134. The number of carbonyl (C=O) groups is 3. The molecule has 4 aromatic rings. The Morgan fingerprint density at radius 3 is 1.95 bits per heavy atom. The highest BCUT2D eigenvalue weighted by Gasteiger charge is 2.32. The second-order valence-electron chi connectivity index (χ2n) is 11.2. The number of benzene rings is 4. The average Bonchev–Trinajstić information content (AvgIpc) is 3.02. The molecule has 2 atom stereocenters. The van der Waals surface area contributed by atoms with Gasteiger partial charge >= 0.3 is 0 Å². The predicted octanol–water partition coefficient (Wildman–Crippen LogP) is 3.47. The van der Waals surface area contributed by atoms with Crippen LogP contribution in [0.3, 0.4) is 0 Å². The third kappa shape index (κ3) is 7.32. The molecule has 8 heteroatoms. The van der Waals surface area contributed by atoms with Crippen LogP contribution in [0.4, 0.5) is 0 Å². The minimum Gasteiger partial charge on any atom is -0.354 e. The van der Waals surface area contributed by atoms with Crippen molar-refractivity contribution in [3.8, 4) is 0 Å². The van der Waals surface area contributed by atoms with Crippen LogP contribution in [0.15, 0.2) is 84.9 Å². The summed E-state index contributed by atoms with van der Waals surface area (Å²) in [5.74, 6) is 5.71. The minimum atomic E-state index is -0.852. The molecular formula is C34H39N5O3. The summed E-state index contributed by atoms with van der Waals surface area (Å²) >= 11 is 0. The molecule has 0 aromatic heterocycles. The van der Waals surface area contributed by atoms with Gasteiger partial charge in [0.25, 0.3) is 5.91 Å². The molecule has 5 rings (SSSR count). The second kappa shape index (κ2) is 13.6. The van der Waals surface area contributed by atoms with Crippen LogP contribution in [-0.2, 0) is 27.2 Å². The molecule has 1 aliphatic heterocycles. The van der Waals surface area contributed by atoms with Crippen LogP contribution in [-0.4, -0.2) is 54.4 Å². The Morgan fingerprint density at radius 2 is 1.38 bits per heavy atom. The first-order chi connectivity index (χ1) is 20.4. The van der Waals surface area contributed by atoms with Gasteiger partial charge < -0.3 is 16.0 Å². The molecule has 0 aliphatic carbocycles. The number of carbonyl (C=O) groups excluding carboxylic acids is 3. The van der Waals surface area contributed by atoms with Gasteiger partial charge in [-0.2, -0.15) is 0 Å². The van der Waals surface area contributed by atoms with Gasteiger partial charge in [-0.3, -0.25) is 19.4 Å². The number of hydrogen-bond donors (Lipinski definition) is 4. The fourth-order valence-corrected chi connectivity index (χ4v) is 5.70. The lowest BCUT2D eigenvalue weighted by Crippen LogP contribution is -2.59. The molecular weight excluding hydrogens is 526 g/mol. The molecule has 0 spiro atoms. The number of hydrogen-bond acceptors (Lipinski definition) is 5. The molecule has 0 saturated carbocycles. The summed E-state index contributed by atoms with van der Waals surface area (Å²) in [5.41, 5.74) is 1.93. The lowest BCUT2D eigenvalue weighted by atomic mass is 9.95. The van der Waals surface area contributed by atoms with Gasteiger partial charge in [0, 0.05) is 25.8 Å². The van der Waals surface area contributed by atoms with E-state index in [4.69, 9.17) is 5.84 Å². The fourth-order valence-electron chi connectivity index (χ4n) is 5.70. The van der Waals surface area contributed by atoms with E-state index in [1.807, 2.05) is 66.7 Å². The highest BCUT2D eigenvalue weighted by Crippen LogP contribution is 2.20. The van der Waals surface area contributed by atoms with E-state index in [1.54, 1.807) is 0 Å². The van der Waals surface area contributed by atoms with Crippen molar-refractivity contribution in [2.24, 2.45) is 11.8 Å². The van der Waals surface area contributed by atoms with E-state index in [0.717, 1.165) is 58.6 Å². The molecule has 1 saturated heterocycles. The van der Waals surface area contributed by atoms with Crippen molar-refractivity contribution < 1.29 is 14.4 Å². The van der Waals surface area contributed by atoms with Crippen molar-refractivity contribution in [1.29, 1.82) is 0 Å². The van der Waals surface area contributed by atoms with Crippen LogP contribution in [0.2, 0.25) is 0 Å². The molecule has 4 aromatic carbocycles. The molecule has 0 bridgehead atoms. The zero-order valence-corrected chi connectivity index (χ0v) is 24.0. The van der Waals surface area contributed by atoms with Crippen LogP contribution < -0.4 is 21.8 Å². The first-order valence-corrected chi connectivity index (χ1v) is 14.7. The van der Waals surface area contributed by atoms with Crippen LogP contribution in [0.5, 0.6) is 0 Å². The predicted molar refractivity (Wildman–Crippen MR) is 166 cm³/mol. The van der Waals surface area contributed by atoms with Gasteiger partial charge in [0.1, 0.15) is 6.04 Å². The molecule has 3 amide bonds. The van der Waals surface area contributed by atoms with E-state index in [0.29, 0.717) is 12.8 Å². The number of nitrogens with zero attached hydrogens (tertiary/aromatic N) is 1. The molecule has 8 nitrogen and oxygen atoms in total. The average molecular weight is 566 g/mol. The largest absolute Gasteiger partial charge is 0.354 e. The van der Waals surface area contributed by atoms with E-state index >= 15 is 0 Å². The van der Waals surface area contributed by atoms with Crippen LogP contribution in [0.1, 0.15) is 30.9 Å². The Bertz CT molecular complexity index is 1570. The summed E-state index contributed by atoms with van der Waals surface area (Å²) < 4.78 is 0. The van der Waals surface area contributed by atoms with Gasteiger partial charge in [-0.1, -0.05) is 84.9 Å². The Balaban J connectivity index is 1.40. The van der Waals surface area contributed by atoms with Crippen LogP contribution in [0.25, 0.3) is 21.5 Å². The van der Waals surface area contributed by atoms with E-state index in [-0.39, 0.29) is 30.2 Å². The van der Waals surface area contributed by atoms with E-state index in [9.17, 15) is 14.4 Å². The maximum absolute atomic E-state index is 14.1. The molecule has 218 valence electrons. The van der Waals surface area contributed by atoms with Crippen molar-refractivity contribution >= 4 is 39.3 Å². The highest BCUT2D eigenvalue weighted by molar-refractivity contribution is 5.89. The first kappa shape index (κ1) is 29.2. The summed E-state index contributed by atoms with van der Waals surface area (Å²) in [6, 6.07) is 27.0. The SMILES string of the molecule is CC(=O)NCC(Cc1ccc2ccccc2c1)N(N)C(=O)[C@@H](Cc1ccc2ccccc2c1)NC(=O)C1CCNCC1. The summed E-state index contributed by atoms with van der Waals surface area (Å²) in [6.07, 6.45) is 2.19. The van der Waals surface area contributed by atoms with Gasteiger partial charge in [-0.25, -0.2) is 5.84 Å². The fraction of sp³-hybridized carbons (Fsp3) is 0.324. The number of nitrogens with one attached hydrogen (secondary N) is 3. The van der Waals surface area contributed by atoms with Crippen LogP contribution >= 0.6 is 0 Å². The van der Waals surface area contributed by atoms with E-state index < -0.39 is 12.1 Å². The maximum atomic E-state index is 14.1. The lowest BCUT2D eigenvalue weighted by Gasteiger charge is -2.32. The van der Waals surface area contributed by atoms with Crippen molar-refractivity contribution in [3.63, 3.8) is 0 Å². The first-order valence-electron chi connectivity index (χ1n) is 14.7. The molecule has 42 heavy (non-hydrogen) atoms. The number of fused-ring (bicyclic) bond motifs is 2. The third-order valence-corrected chi connectivity index (χ3v) is 8.10. The Kier molecular flexibility index (Phi) is 9.46. The van der Waals surface area contributed by atoms with Crippen molar-refractivity contribution in [2.75, 3.05) is 19.6 Å². The van der Waals surface area contributed by atoms with Crippen LogP contribution in [0, 0.1) is 5.92 Å². The summed E-state index contributed by atoms with van der Waals surface area (Å²) in [6.45, 7) is 3.18. The molecule has 5 N–H and O–H groups in total. The zero-order valence-electron chi connectivity index (χ0n) is 24.0. The monoisotopic (exact) mass is 565 g/mol. The number of nitrogens with two attached hydrogens (primary N) is 1. The van der Waals surface area contributed by atoms with E-state index in [2.05, 4.69) is 34.1 Å². The van der Waals surface area contributed by atoms with Crippen molar-refractivity contribution in [1.82, 2.24) is 21.0 Å². The molecule has 1 fully saturated rings. The number of hydrazine groups is 1. The number of rotatable bonds is 10. The van der Waals surface area contributed by atoms with Gasteiger partial charge in [-0.15, -0.1) is 0 Å². The zero-order chi connectivity index (χ0) is 29.5. The normalized spacial score (nSPS) is 15.2. The van der Waals surface area contributed by atoms with Crippen molar-refractivity contribution in [3.05, 3.63) is 96.1 Å². The van der Waals surface area contributed by atoms with Crippen molar-refractivity contribution in [2.45, 2.75) is 44.7 Å². The number of piperidine rings is 1. The summed E-state index contributed by atoms with van der Waals surface area (Å²) in [4.78, 5) is 39.3. The maximum Gasteiger partial charge on any atom is 0.259 e. The smallest absolute Gasteiger partial charge is 0.259 e. The molecule has 1 aliphatic rings. The summed E-state index contributed by atoms with van der Waals surface area (Å²) in [7, 11) is 0. The topological polar surface area (TPSA) is 117 Å². The standard InChI is InChI=1S/C34H39N5O3/c1-23(40)37-22-31(20-24-10-12-26-6-2-4-8-29(26)18-24)39(35)34(42)32(38-33(41)28-14-16-36-17-15-28)21-25-11-13-27-7-3-5-9-30(27)19-25/h2-13,18-19,28,31-32,36H,14-17,20-22,35H2,1H3,(H,37,40)(H,38,41)/t31?,32-/m1/s1. The third-order valence-electron chi connectivity index (χ3n) is 8.10. The summed E-state index contributed by atoms with van der Waals surface area (Å²) in [5, 5.41) is 14.8. The van der Waals surface area contributed by atoms with Gasteiger partial charge in [0.2, 0.25) is 11.8 Å². The molecule has 1 heterocycles. The Morgan fingerprint density at radius 1 is 0.833 bits per heavy atom. The lowest BCUT2D eigenvalue weighted by molar-refractivity contribution is -0.140. The van der Waals surface area contributed by atoms with Gasteiger partial charge in [0.05, 0.1) is 6.04 Å². The molecule has 0 radical (unpaired) electrons. The molecule has 1 unspecified atom stereocenters. The van der Waals surface area contributed by atoms with E-state index in [1.165, 1.54) is 11.9 Å². The Labute approximate surface area is 246 Å².